The summed E-state index contributed by atoms with van der Waals surface area (Å²) in [4.78, 5) is 30.2. The molecule has 4 aliphatic rings. The van der Waals surface area contributed by atoms with Gasteiger partial charge in [0, 0.05) is 60.8 Å². The Morgan fingerprint density at radius 2 is 2.00 bits per heavy atom. The molecule has 3 heterocycles. The number of likely N-dealkylation sites (N-methyl/N-ethyl adjacent to an activating group) is 1. The lowest BCUT2D eigenvalue weighted by atomic mass is 9.50. The lowest BCUT2D eigenvalue weighted by Gasteiger charge is -2.60. The molecular formula is C35H38N2O6. The number of likely N-dealkylation sites (tertiary alicyclic amines) is 1. The van der Waals surface area contributed by atoms with Gasteiger partial charge in [0.2, 0.25) is 5.91 Å². The highest BCUT2D eigenvalue weighted by molar-refractivity contribution is 5.92. The van der Waals surface area contributed by atoms with Gasteiger partial charge in [-0.15, -0.1) is 0 Å². The fourth-order valence-electron chi connectivity index (χ4n) is 8.44. The third-order valence-corrected chi connectivity index (χ3v) is 10.3. The van der Waals surface area contributed by atoms with Crippen LogP contribution in [0.2, 0.25) is 0 Å². The molecular weight excluding hydrogens is 544 g/mol. The second-order valence-corrected chi connectivity index (χ2v) is 12.3. The second-order valence-electron chi connectivity index (χ2n) is 12.3. The number of furan rings is 1. The topological polar surface area (TPSA) is 81.5 Å². The average molecular weight is 583 g/mol. The van der Waals surface area contributed by atoms with Gasteiger partial charge in [0.15, 0.2) is 11.5 Å². The number of benzene rings is 2. The van der Waals surface area contributed by atoms with Crippen molar-refractivity contribution in [3.8, 4) is 17.2 Å². The van der Waals surface area contributed by atoms with E-state index in [4.69, 9.17) is 18.6 Å². The fourth-order valence-corrected chi connectivity index (χ4v) is 8.44. The Morgan fingerprint density at radius 3 is 2.74 bits per heavy atom. The molecule has 1 aromatic heterocycles. The van der Waals surface area contributed by atoms with Crippen LogP contribution in [0.5, 0.6) is 17.2 Å². The van der Waals surface area contributed by atoms with Crippen molar-refractivity contribution in [2.45, 2.75) is 62.6 Å². The van der Waals surface area contributed by atoms with Crippen LogP contribution in [-0.4, -0.2) is 67.1 Å². The van der Waals surface area contributed by atoms with Gasteiger partial charge >= 0.3 is 5.97 Å². The lowest BCUT2D eigenvalue weighted by Crippen LogP contribution is -2.69. The normalized spacial score (nSPS) is 27.0. The Labute approximate surface area is 252 Å². The first-order valence-corrected chi connectivity index (χ1v) is 15.2. The zero-order valence-corrected chi connectivity index (χ0v) is 25.0. The minimum Gasteiger partial charge on any atom is -0.493 e. The number of ether oxygens (including phenoxy) is 3. The van der Waals surface area contributed by atoms with Crippen molar-refractivity contribution < 1.29 is 28.2 Å². The van der Waals surface area contributed by atoms with Crippen molar-refractivity contribution in [1.29, 1.82) is 0 Å². The highest BCUT2D eigenvalue weighted by Gasteiger charge is 2.67. The molecule has 8 heteroatoms. The van der Waals surface area contributed by atoms with Crippen LogP contribution in [0.4, 0.5) is 0 Å². The predicted octanol–water partition coefficient (Wildman–Crippen LogP) is 5.04. The van der Waals surface area contributed by atoms with E-state index in [1.54, 1.807) is 31.8 Å². The minimum absolute atomic E-state index is 0.0685. The van der Waals surface area contributed by atoms with Crippen LogP contribution < -0.4 is 14.2 Å². The predicted molar refractivity (Wildman–Crippen MR) is 161 cm³/mol. The van der Waals surface area contributed by atoms with Crippen LogP contribution in [-0.2, 0) is 27.8 Å². The molecule has 43 heavy (non-hydrogen) atoms. The first-order chi connectivity index (χ1) is 20.9. The van der Waals surface area contributed by atoms with Crippen molar-refractivity contribution in [3.63, 3.8) is 0 Å². The van der Waals surface area contributed by atoms with E-state index in [1.165, 1.54) is 12.5 Å². The van der Waals surface area contributed by atoms with Gasteiger partial charge in [0.1, 0.15) is 11.9 Å². The number of amides is 1. The van der Waals surface area contributed by atoms with Gasteiger partial charge in [0.05, 0.1) is 25.7 Å². The molecule has 0 radical (unpaired) electrons. The molecule has 1 saturated heterocycles. The zero-order chi connectivity index (χ0) is 29.7. The molecule has 224 valence electrons. The molecule has 0 N–H and O–H groups in total. The van der Waals surface area contributed by atoms with E-state index < -0.39 is 0 Å². The van der Waals surface area contributed by atoms with Crippen LogP contribution in [0.3, 0.4) is 0 Å². The molecule has 2 fully saturated rings. The molecule has 1 amide bonds. The van der Waals surface area contributed by atoms with Gasteiger partial charge < -0.3 is 23.5 Å². The van der Waals surface area contributed by atoms with Crippen molar-refractivity contribution in [1.82, 2.24) is 9.80 Å². The Bertz CT molecular complexity index is 1550. The van der Waals surface area contributed by atoms with Gasteiger partial charge in [-0.3, -0.25) is 14.5 Å². The highest BCUT2D eigenvalue weighted by Crippen LogP contribution is 2.65. The van der Waals surface area contributed by atoms with E-state index in [-0.39, 0.29) is 35.5 Å². The summed E-state index contributed by atoms with van der Waals surface area (Å²) < 4.78 is 23.8. The molecule has 7 rings (SSSR count). The van der Waals surface area contributed by atoms with Crippen molar-refractivity contribution >= 4 is 18.0 Å². The Morgan fingerprint density at radius 1 is 1.16 bits per heavy atom. The summed E-state index contributed by atoms with van der Waals surface area (Å²) >= 11 is 0. The van der Waals surface area contributed by atoms with E-state index in [9.17, 15) is 9.59 Å². The SMILES string of the molecule is COc1cc(OC(C)=O)c2c3c1O[C@H]1[C@H](N(C)C(=O)/C=C/c4ccoc4)CC[C@H]4[C@@H](C2)N(CCc2ccccc2)CC[C@@]341. The molecule has 5 atom stereocenters. The molecule has 8 nitrogen and oxygen atoms in total. The van der Waals surface area contributed by atoms with Crippen molar-refractivity contribution in [3.05, 3.63) is 83.3 Å². The van der Waals surface area contributed by atoms with Crippen LogP contribution in [0.25, 0.3) is 6.08 Å². The maximum Gasteiger partial charge on any atom is 0.308 e. The van der Waals surface area contributed by atoms with Gasteiger partial charge in [-0.1, -0.05) is 30.3 Å². The summed E-state index contributed by atoms with van der Waals surface area (Å²) in [6, 6.07) is 14.4. The molecule has 3 aromatic rings. The molecule has 2 aliphatic carbocycles. The number of hydrogen-bond acceptors (Lipinski definition) is 7. The summed E-state index contributed by atoms with van der Waals surface area (Å²) in [6.45, 7) is 3.35. The second kappa shape index (κ2) is 10.9. The maximum absolute atomic E-state index is 13.5. The van der Waals surface area contributed by atoms with Crippen LogP contribution in [0, 0.1) is 5.92 Å². The molecule has 1 saturated carbocycles. The standard InChI is InChI=1S/C35H38N2O6/c1-22(38)42-29-20-30(40-3)33-32-25(29)19-28-26-10-11-27(36(2)31(39)12-9-24-14-18-41-21-24)34(43-33)35(26,32)15-17-37(28)16-13-23-7-5-4-6-8-23/h4-9,12,14,18,20-21,26-28,34H,10-11,13,15-17,19H2,1-3H3/b12-9+/t26-,27+,28+,34-,35-/m0/s1. The molecule has 2 aliphatic heterocycles. The largest absolute Gasteiger partial charge is 0.493 e. The average Bonchev–Trinajstić information content (AvgIpc) is 3.65. The number of esters is 1. The number of carbonyl (C=O) groups excluding carboxylic acids is 2. The molecule has 2 aromatic carbocycles. The van der Waals surface area contributed by atoms with E-state index >= 15 is 0 Å². The lowest BCUT2D eigenvalue weighted by molar-refractivity contribution is -0.135. The van der Waals surface area contributed by atoms with Crippen molar-refractivity contribution in [2.24, 2.45) is 5.92 Å². The summed E-state index contributed by atoms with van der Waals surface area (Å²) in [6.07, 6.45) is 10.9. The quantitative estimate of drug-likeness (QED) is 0.209. The Balaban J connectivity index is 1.27. The number of nitrogens with zero attached hydrogens (tertiary/aromatic N) is 2. The number of carbonyl (C=O) groups is 2. The maximum atomic E-state index is 13.5. The number of methoxy groups -OCH3 is 1. The summed E-state index contributed by atoms with van der Waals surface area (Å²) in [7, 11) is 3.51. The van der Waals surface area contributed by atoms with Gasteiger partial charge in [-0.25, -0.2) is 0 Å². The fraction of sp³-hybridized carbons (Fsp3) is 0.429. The van der Waals surface area contributed by atoms with Gasteiger partial charge in [0.25, 0.3) is 0 Å². The molecule has 1 spiro atoms. The Hall–Kier alpha value is -4.04. The van der Waals surface area contributed by atoms with E-state index in [0.29, 0.717) is 17.4 Å². The monoisotopic (exact) mass is 582 g/mol. The summed E-state index contributed by atoms with van der Waals surface area (Å²) in [5, 5.41) is 0. The van der Waals surface area contributed by atoms with E-state index in [1.807, 2.05) is 24.1 Å². The van der Waals surface area contributed by atoms with Crippen LogP contribution in [0.1, 0.15) is 48.4 Å². The van der Waals surface area contributed by atoms with Crippen molar-refractivity contribution in [2.75, 3.05) is 27.2 Å². The minimum atomic E-state index is -0.351. The first kappa shape index (κ1) is 27.8. The third kappa shape index (κ3) is 4.54. The van der Waals surface area contributed by atoms with Gasteiger partial charge in [-0.05, 0) is 62.3 Å². The number of piperidine rings is 1. The first-order valence-electron chi connectivity index (χ1n) is 15.2. The summed E-state index contributed by atoms with van der Waals surface area (Å²) in [5.41, 5.74) is 4.07. The molecule has 2 bridgehead atoms. The van der Waals surface area contributed by atoms with Crippen LogP contribution >= 0.6 is 0 Å². The zero-order valence-electron chi connectivity index (χ0n) is 25.0. The highest BCUT2D eigenvalue weighted by atomic mass is 16.5. The van der Waals surface area contributed by atoms with Gasteiger partial charge in [-0.2, -0.15) is 0 Å². The smallest absolute Gasteiger partial charge is 0.308 e. The van der Waals surface area contributed by atoms with E-state index in [0.717, 1.165) is 67.6 Å². The van der Waals surface area contributed by atoms with Crippen LogP contribution in [0.15, 0.2) is 65.5 Å². The van der Waals surface area contributed by atoms with E-state index in [2.05, 4.69) is 35.2 Å². The molecule has 0 unspecified atom stereocenters. The number of rotatable bonds is 8. The Kier molecular flexibility index (Phi) is 7.04. The number of hydrogen-bond donors (Lipinski definition) is 0. The third-order valence-electron chi connectivity index (χ3n) is 10.3. The summed E-state index contributed by atoms with van der Waals surface area (Å²) in [5.74, 6) is 1.83.